The minimum atomic E-state index is 0.256. The number of furan rings is 1. The molecule has 2 N–H and O–H groups in total. The summed E-state index contributed by atoms with van der Waals surface area (Å²) in [6, 6.07) is 7.72. The van der Waals surface area contributed by atoms with Crippen molar-refractivity contribution in [1.82, 2.24) is 5.16 Å². The molecule has 3 aromatic rings. The molecule has 0 aliphatic heterocycles. The minimum Gasteiger partial charge on any atom is -0.496 e. The number of nitrogen functional groups attached to an aromatic ring is 1. The zero-order valence-electron chi connectivity index (χ0n) is 12.1. The highest BCUT2D eigenvalue weighted by Crippen LogP contribution is 2.39. The SMILES string of the molecule is COc1cc(-c2c(-c3occc3C)noc2N)ccc1C. The fourth-order valence-corrected chi connectivity index (χ4v) is 2.33. The molecule has 5 nitrogen and oxygen atoms in total. The van der Waals surface area contributed by atoms with E-state index in [9.17, 15) is 0 Å². The Morgan fingerprint density at radius 3 is 2.62 bits per heavy atom. The summed E-state index contributed by atoms with van der Waals surface area (Å²) in [5.41, 5.74) is 10.2. The number of hydrogen-bond donors (Lipinski definition) is 1. The third-order valence-electron chi connectivity index (χ3n) is 3.49. The van der Waals surface area contributed by atoms with Gasteiger partial charge in [0.05, 0.1) is 18.9 Å². The van der Waals surface area contributed by atoms with Crippen molar-refractivity contribution in [3.05, 3.63) is 41.7 Å². The number of aryl methyl sites for hydroxylation is 2. The van der Waals surface area contributed by atoms with Gasteiger partial charge in [0.25, 0.3) is 0 Å². The topological polar surface area (TPSA) is 74.4 Å². The average molecular weight is 284 g/mol. The molecule has 0 radical (unpaired) electrons. The van der Waals surface area contributed by atoms with Gasteiger partial charge in [-0.05, 0) is 42.7 Å². The van der Waals surface area contributed by atoms with E-state index in [1.807, 2.05) is 38.1 Å². The first-order chi connectivity index (χ1) is 10.1. The van der Waals surface area contributed by atoms with Gasteiger partial charge in [-0.2, -0.15) is 0 Å². The first-order valence-corrected chi connectivity index (χ1v) is 6.56. The second-order valence-electron chi connectivity index (χ2n) is 4.89. The number of methoxy groups -OCH3 is 1. The van der Waals surface area contributed by atoms with E-state index in [0.29, 0.717) is 17.0 Å². The molecule has 0 spiro atoms. The summed E-state index contributed by atoms with van der Waals surface area (Å²) >= 11 is 0. The largest absolute Gasteiger partial charge is 0.496 e. The Balaban J connectivity index is 2.19. The molecule has 1 aromatic carbocycles. The van der Waals surface area contributed by atoms with E-state index in [2.05, 4.69) is 5.16 Å². The van der Waals surface area contributed by atoms with Crippen molar-refractivity contribution in [3.8, 4) is 28.3 Å². The van der Waals surface area contributed by atoms with E-state index >= 15 is 0 Å². The highest BCUT2D eigenvalue weighted by atomic mass is 16.5. The monoisotopic (exact) mass is 284 g/mol. The van der Waals surface area contributed by atoms with Gasteiger partial charge in [0.2, 0.25) is 5.88 Å². The Bertz CT molecular complexity index is 787. The number of anilines is 1. The maximum absolute atomic E-state index is 5.95. The number of aromatic nitrogens is 1. The molecule has 0 saturated carbocycles. The second kappa shape index (κ2) is 5.01. The Labute approximate surface area is 122 Å². The van der Waals surface area contributed by atoms with Gasteiger partial charge < -0.3 is 19.4 Å². The summed E-state index contributed by atoms with van der Waals surface area (Å²) in [6.45, 7) is 3.93. The molecular weight excluding hydrogens is 268 g/mol. The lowest BCUT2D eigenvalue weighted by atomic mass is 10.0. The Morgan fingerprint density at radius 2 is 1.95 bits per heavy atom. The zero-order chi connectivity index (χ0) is 15.0. The summed E-state index contributed by atoms with van der Waals surface area (Å²) in [6.07, 6.45) is 1.62. The van der Waals surface area contributed by atoms with Gasteiger partial charge in [-0.1, -0.05) is 17.3 Å². The number of ether oxygens (including phenoxy) is 1. The zero-order valence-corrected chi connectivity index (χ0v) is 12.1. The Hall–Kier alpha value is -2.69. The standard InChI is InChI=1S/C16H16N2O3/c1-9-4-5-11(8-12(9)19-3)13-14(18-21-16(13)17)15-10(2)6-7-20-15/h4-8H,17H2,1-3H3. The highest BCUT2D eigenvalue weighted by Gasteiger charge is 2.21. The van der Waals surface area contributed by atoms with Gasteiger partial charge in [-0.25, -0.2) is 0 Å². The van der Waals surface area contributed by atoms with Crippen molar-refractivity contribution < 1.29 is 13.7 Å². The van der Waals surface area contributed by atoms with Crippen LogP contribution in [-0.2, 0) is 0 Å². The molecule has 5 heteroatoms. The number of rotatable bonds is 3. The van der Waals surface area contributed by atoms with Crippen LogP contribution in [0.1, 0.15) is 11.1 Å². The molecule has 0 bridgehead atoms. The first-order valence-electron chi connectivity index (χ1n) is 6.56. The van der Waals surface area contributed by atoms with Crippen molar-refractivity contribution >= 4 is 5.88 Å². The maximum Gasteiger partial charge on any atom is 0.230 e. The summed E-state index contributed by atoms with van der Waals surface area (Å²) in [7, 11) is 1.64. The summed E-state index contributed by atoms with van der Waals surface area (Å²) in [5, 5.41) is 4.04. The molecule has 0 atom stereocenters. The highest BCUT2D eigenvalue weighted by molar-refractivity contribution is 5.86. The lowest BCUT2D eigenvalue weighted by Gasteiger charge is -2.07. The number of nitrogens with zero attached hydrogens (tertiary/aromatic N) is 1. The molecule has 0 saturated heterocycles. The lowest BCUT2D eigenvalue weighted by Crippen LogP contribution is -1.91. The predicted octanol–water partition coefficient (Wildman–Crippen LogP) is 3.81. The van der Waals surface area contributed by atoms with Crippen LogP contribution >= 0.6 is 0 Å². The summed E-state index contributed by atoms with van der Waals surface area (Å²) in [4.78, 5) is 0. The van der Waals surface area contributed by atoms with Gasteiger partial charge in [0, 0.05) is 0 Å². The quantitative estimate of drug-likeness (QED) is 0.791. The fraction of sp³-hybridized carbons (Fsp3) is 0.188. The molecule has 0 amide bonds. The van der Waals surface area contributed by atoms with Crippen LogP contribution in [0.25, 0.3) is 22.6 Å². The van der Waals surface area contributed by atoms with Crippen LogP contribution in [0.5, 0.6) is 5.75 Å². The molecule has 2 aromatic heterocycles. The van der Waals surface area contributed by atoms with Crippen LogP contribution in [0.3, 0.4) is 0 Å². The Kier molecular flexibility index (Phi) is 3.17. The maximum atomic E-state index is 5.95. The molecule has 21 heavy (non-hydrogen) atoms. The Morgan fingerprint density at radius 1 is 1.14 bits per heavy atom. The first kappa shape index (κ1) is 13.3. The van der Waals surface area contributed by atoms with Gasteiger partial charge in [0.1, 0.15) is 5.75 Å². The summed E-state index contributed by atoms with van der Waals surface area (Å²) in [5.74, 6) is 1.70. The fourth-order valence-electron chi connectivity index (χ4n) is 2.33. The van der Waals surface area contributed by atoms with Crippen molar-refractivity contribution in [2.24, 2.45) is 0 Å². The van der Waals surface area contributed by atoms with E-state index in [1.54, 1.807) is 13.4 Å². The molecule has 0 fully saturated rings. The van der Waals surface area contributed by atoms with Crippen molar-refractivity contribution in [3.63, 3.8) is 0 Å². The smallest absolute Gasteiger partial charge is 0.230 e. The third kappa shape index (κ3) is 2.16. The van der Waals surface area contributed by atoms with E-state index in [0.717, 1.165) is 22.4 Å². The van der Waals surface area contributed by atoms with Gasteiger partial charge in [-0.15, -0.1) is 0 Å². The van der Waals surface area contributed by atoms with Gasteiger partial charge >= 0.3 is 0 Å². The van der Waals surface area contributed by atoms with Crippen molar-refractivity contribution in [2.75, 3.05) is 12.8 Å². The van der Waals surface area contributed by atoms with Gasteiger partial charge in [-0.3, -0.25) is 0 Å². The lowest BCUT2D eigenvalue weighted by molar-refractivity contribution is 0.412. The molecule has 0 aliphatic carbocycles. The van der Waals surface area contributed by atoms with Gasteiger partial charge in [0.15, 0.2) is 11.5 Å². The van der Waals surface area contributed by atoms with E-state index < -0.39 is 0 Å². The van der Waals surface area contributed by atoms with Crippen LogP contribution in [0.2, 0.25) is 0 Å². The van der Waals surface area contributed by atoms with E-state index in [1.165, 1.54) is 0 Å². The molecular formula is C16H16N2O3. The van der Waals surface area contributed by atoms with Crippen LogP contribution in [-0.4, -0.2) is 12.3 Å². The minimum absolute atomic E-state index is 0.256. The van der Waals surface area contributed by atoms with Crippen LogP contribution in [0.4, 0.5) is 5.88 Å². The normalized spacial score (nSPS) is 10.8. The number of nitrogens with two attached hydrogens (primary N) is 1. The molecule has 108 valence electrons. The van der Waals surface area contributed by atoms with Crippen molar-refractivity contribution in [1.29, 1.82) is 0 Å². The third-order valence-corrected chi connectivity index (χ3v) is 3.49. The molecule has 0 aliphatic rings. The summed E-state index contributed by atoms with van der Waals surface area (Å²) < 4.78 is 16.0. The molecule has 2 heterocycles. The number of hydrogen-bond acceptors (Lipinski definition) is 5. The van der Waals surface area contributed by atoms with Crippen LogP contribution in [0, 0.1) is 13.8 Å². The van der Waals surface area contributed by atoms with Crippen LogP contribution < -0.4 is 10.5 Å². The average Bonchev–Trinajstić information content (AvgIpc) is 3.05. The predicted molar refractivity (Wildman–Crippen MR) is 80.1 cm³/mol. The van der Waals surface area contributed by atoms with Crippen molar-refractivity contribution in [2.45, 2.75) is 13.8 Å². The van der Waals surface area contributed by atoms with E-state index in [4.69, 9.17) is 19.4 Å². The molecule has 0 unspecified atom stereocenters. The number of benzene rings is 1. The van der Waals surface area contributed by atoms with Crippen LogP contribution in [0.15, 0.2) is 39.5 Å². The molecule has 3 rings (SSSR count). The van der Waals surface area contributed by atoms with E-state index in [-0.39, 0.29) is 5.88 Å². The second-order valence-corrected chi connectivity index (χ2v) is 4.89.